The molecule has 0 radical (unpaired) electrons. The Morgan fingerprint density at radius 2 is 2.21 bits per heavy atom. The lowest BCUT2D eigenvalue weighted by Crippen LogP contribution is -2.14. The maximum Gasteiger partial charge on any atom is 0.235 e. The average molecular weight is 468 g/mol. The summed E-state index contributed by atoms with van der Waals surface area (Å²) in [6, 6.07) is 8.70. The number of thiophene rings is 1. The Hall–Kier alpha value is -2.25. The van der Waals surface area contributed by atoms with Crippen LogP contribution in [0.5, 0.6) is 5.75 Å². The zero-order valence-electron chi connectivity index (χ0n) is 15.2. The number of carbonyl (C=O) groups is 1. The molecule has 3 aromatic rings. The van der Waals surface area contributed by atoms with E-state index >= 15 is 0 Å². The Labute approximate surface area is 185 Å². The van der Waals surface area contributed by atoms with Gasteiger partial charge in [-0.05, 0) is 36.6 Å². The molecule has 29 heavy (non-hydrogen) atoms. The smallest absolute Gasteiger partial charge is 0.235 e. The number of hydrogen-bond donors (Lipinski definition) is 1. The quantitative estimate of drug-likeness (QED) is 0.476. The monoisotopic (exact) mass is 467 g/mol. The van der Waals surface area contributed by atoms with Gasteiger partial charge in [-0.2, -0.15) is 5.26 Å². The van der Waals surface area contributed by atoms with Crippen molar-refractivity contribution in [2.75, 3.05) is 11.1 Å². The van der Waals surface area contributed by atoms with Crippen molar-refractivity contribution in [1.82, 2.24) is 14.8 Å². The molecule has 0 atom stereocenters. The Morgan fingerprint density at radius 1 is 1.38 bits per heavy atom. The fourth-order valence-corrected chi connectivity index (χ4v) is 4.41. The maximum absolute atomic E-state index is 12.2. The summed E-state index contributed by atoms with van der Waals surface area (Å²) >= 11 is 14.6. The highest BCUT2D eigenvalue weighted by atomic mass is 35.5. The summed E-state index contributed by atoms with van der Waals surface area (Å²) in [5.41, 5.74) is 0.449. The lowest BCUT2D eigenvalue weighted by molar-refractivity contribution is -0.113. The van der Waals surface area contributed by atoms with Crippen LogP contribution < -0.4 is 10.1 Å². The maximum atomic E-state index is 12.2. The number of carbonyl (C=O) groups excluding carboxylic acids is 1. The Kier molecular flexibility index (Phi) is 7.39. The predicted octanol–water partition coefficient (Wildman–Crippen LogP) is 4.85. The Balaban J connectivity index is 1.60. The van der Waals surface area contributed by atoms with E-state index in [1.54, 1.807) is 29.6 Å². The second-order valence-electron chi connectivity index (χ2n) is 5.62. The van der Waals surface area contributed by atoms with Crippen molar-refractivity contribution in [1.29, 1.82) is 5.26 Å². The number of anilines is 1. The van der Waals surface area contributed by atoms with Crippen LogP contribution in [0.1, 0.15) is 18.3 Å². The van der Waals surface area contributed by atoms with Crippen LogP contribution in [0, 0.1) is 11.3 Å². The minimum absolute atomic E-state index is 0.144. The summed E-state index contributed by atoms with van der Waals surface area (Å²) in [7, 11) is 0. The van der Waals surface area contributed by atoms with Crippen molar-refractivity contribution in [3.8, 4) is 11.8 Å². The Morgan fingerprint density at radius 3 is 2.93 bits per heavy atom. The van der Waals surface area contributed by atoms with Gasteiger partial charge < -0.3 is 14.6 Å². The van der Waals surface area contributed by atoms with E-state index in [1.165, 1.54) is 23.1 Å². The molecule has 0 aliphatic carbocycles. The summed E-state index contributed by atoms with van der Waals surface area (Å²) in [6.07, 6.45) is 0. The normalized spacial score (nSPS) is 10.6. The molecule has 0 fully saturated rings. The van der Waals surface area contributed by atoms with Gasteiger partial charge in [0.15, 0.2) is 11.0 Å². The zero-order chi connectivity index (χ0) is 20.8. The number of hydrogen-bond acceptors (Lipinski definition) is 7. The summed E-state index contributed by atoms with van der Waals surface area (Å²) in [5, 5.41) is 23.9. The van der Waals surface area contributed by atoms with Crippen LogP contribution in [0.2, 0.25) is 10.0 Å². The molecule has 0 saturated carbocycles. The molecule has 1 amide bonds. The molecular weight excluding hydrogens is 453 g/mol. The van der Waals surface area contributed by atoms with Crippen LogP contribution in [-0.2, 0) is 17.9 Å². The molecule has 0 aliphatic rings. The largest absolute Gasteiger partial charge is 0.484 e. The number of aromatic nitrogens is 3. The van der Waals surface area contributed by atoms with Gasteiger partial charge in [0.2, 0.25) is 5.91 Å². The number of nitrogens with one attached hydrogen (secondary N) is 1. The first-order valence-corrected chi connectivity index (χ1v) is 11.0. The van der Waals surface area contributed by atoms with E-state index in [1.807, 2.05) is 17.6 Å². The van der Waals surface area contributed by atoms with Crippen molar-refractivity contribution >= 4 is 57.2 Å². The van der Waals surface area contributed by atoms with Crippen LogP contribution in [0.4, 0.5) is 5.00 Å². The third kappa shape index (κ3) is 5.42. The summed E-state index contributed by atoms with van der Waals surface area (Å²) in [5.74, 6) is 1.04. The SMILES string of the molecule is CCn1c(COc2ccc(Cl)cc2Cl)nnc1SCC(=O)Nc1sccc1C#N. The molecule has 0 spiro atoms. The zero-order valence-corrected chi connectivity index (χ0v) is 18.3. The lowest BCUT2D eigenvalue weighted by atomic mass is 10.3. The van der Waals surface area contributed by atoms with Crippen LogP contribution in [0.15, 0.2) is 34.8 Å². The number of nitrogens with zero attached hydrogens (tertiary/aromatic N) is 4. The molecule has 11 heteroatoms. The molecular formula is C18H15Cl2N5O2S2. The predicted molar refractivity (Wildman–Crippen MR) is 115 cm³/mol. The van der Waals surface area contributed by atoms with E-state index in [0.29, 0.717) is 43.9 Å². The highest BCUT2D eigenvalue weighted by Crippen LogP contribution is 2.28. The third-order valence-electron chi connectivity index (χ3n) is 3.73. The van der Waals surface area contributed by atoms with Gasteiger partial charge in [-0.3, -0.25) is 4.79 Å². The molecule has 2 aromatic heterocycles. The van der Waals surface area contributed by atoms with Gasteiger partial charge in [0.05, 0.1) is 16.3 Å². The van der Waals surface area contributed by atoms with Gasteiger partial charge in [0, 0.05) is 11.6 Å². The topological polar surface area (TPSA) is 92.8 Å². The fourth-order valence-electron chi connectivity index (χ4n) is 2.37. The highest BCUT2D eigenvalue weighted by molar-refractivity contribution is 7.99. The molecule has 2 heterocycles. The molecule has 0 aliphatic heterocycles. The second kappa shape index (κ2) is 9.98. The van der Waals surface area contributed by atoms with Crippen LogP contribution in [0.25, 0.3) is 0 Å². The first-order chi connectivity index (χ1) is 14.0. The third-order valence-corrected chi connectivity index (χ3v) is 6.06. The lowest BCUT2D eigenvalue weighted by Gasteiger charge is -2.10. The van der Waals surface area contributed by atoms with Crippen LogP contribution in [0.3, 0.4) is 0 Å². The standard InChI is InChI=1S/C18H15Cl2N5O2S2/c1-2-25-15(9-27-14-4-3-12(19)7-13(14)20)23-24-18(25)29-10-16(26)22-17-11(8-21)5-6-28-17/h3-7H,2,9-10H2,1H3,(H,22,26). The minimum Gasteiger partial charge on any atom is -0.484 e. The molecule has 150 valence electrons. The van der Waals surface area contributed by atoms with Gasteiger partial charge in [-0.15, -0.1) is 21.5 Å². The summed E-state index contributed by atoms with van der Waals surface area (Å²) < 4.78 is 7.59. The first-order valence-electron chi connectivity index (χ1n) is 8.42. The van der Waals surface area contributed by atoms with Gasteiger partial charge in [0.25, 0.3) is 0 Å². The van der Waals surface area contributed by atoms with Crippen LogP contribution >= 0.6 is 46.3 Å². The molecule has 1 N–H and O–H groups in total. The number of nitriles is 1. The first kappa shape index (κ1) is 21.5. The van der Waals surface area contributed by atoms with Gasteiger partial charge in [-0.25, -0.2) is 0 Å². The number of halogens is 2. The van der Waals surface area contributed by atoms with Crippen LogP contribution in [-0.4, -0.2) is 26.4 Å². The van der Waals surface area contributed by atoms with Gasteiger partial charge in [0.1, 0.15) is 23.4 Å². The molecule has 3 rings (SSSR count). The highest BCUT2D eigenvalue weighted by Gasteiger charge is 2.15. The Bertz CT molecular complexity index is 1060. The van der Waals surface area contributed by atoms with Crippen molar-refractivity contribution in [3.05, 3.63) is 51.1 Å². The summed E-state index contributed by atoms with van der Waals surface area (Å²) in [4.78, 5) is 12.2. The van der Waals surface area contributed by atoms with E-state index in [0.717, 1.165) is 0 Å². The number of ether oxygens (including phenoxy) is 1. The van der Waals surface area contributed by atoms with Crippen molar-refractivity contribution in [2.24, 2.45) is 0 Å². The molecule has 0 bridgehead atoms. The molecule has 1 aromatic carbocycles. The van der Waals surface area contributed by atoms with E-state index in [-0.39, 0.29) is 18.3 Å². The van der Waals surface area contributed by atoms with Gasteiger partial charge in [-0.1, -0.05) is 35.0 Å². The van der Waals surface area contributed by atoms with E-state index in [9.17, 15) is 4.79 Å². The van der Waals surface area contributed by atoms with E-state index in [4.69, 9.17) is 33.2 Å². The van der Waals surface area contributed by atoms with Crippen molar-refractivity contribution in [2.45, 2.75) is 25.2 Å². The average Bonchev–Trinajstić information content (AvgIpc) is 3.31. The summed E-state index contributed by atoms with van der Waals surface area (Å²) in [6.45, 7) is 2.75. The van der Waals surface area contributed by atoms with Crippen molar-refractivity contribution in [3.63, 3.8) is 0 Å². The number of thioether (sulfide) groups is 1. The van der Waals surface area contributed by atoms with E-state index in [2.05, 4.69) is 15.5 Å². The number of amides is 1. The number of benzene rings is 1. The number of rotatable bonds is 8. The molecule has 7 nitrogen and oxygen atoms in total. The second-order valence-corrected chi connectivity index (χ2v) is 8.32. The van der Waals surface area contributed by atoms with Gasteiger partial charge >= 0.3 is 0 Å². The fraction of sp³-hybridized carbons (Fsp3) is 0.222. The molecule has 0 saturated heterocycles. The van der Waals surface area contributed by atoms with Crippen molar-refractivity contribution < 1.29 is 9.53 Å². The molecule has 0 unspecified atom stereocenters. The minimum atomic E-state index is -0.217. The van der Waals surface area contributed by atoms with E-state index < -0.39 is 0 Å².